The number of carbonyl (C=O) groups excluding carboxylic acids is 1. The molecule has 0 fully saturated rings. The number of carbonyl (C=O) groups is 1. The van der Waals surface area contributed by atoms with Gasteiger partial charge in [-0.1, -0.05) is 6.92 Å². The summed E-state index contributed by atoms with van der Waals surface area (Å²) in [6.45, 7) is 2.93. The number of nitrogens with two attached hydrogens (primary N) is 1. The van der Waals surface area contributed by atoms with Gasteiger partial charge in [0.1, 0.15) is 11.8 Å². The molecule has 1 atom stereocenters. The lowest BCUT2D eigenvalue weighted by Gasteiger charge is -2.11. The summed E-state index contributed by atoms with van der Waals surface area (Å²) < 4.78 is 10.3. The van der Waals surface area contributed by atoms with Gasteiger partial charge in [0.25, 0.3) is 0 Å². The van der Waals surface area contributed by atoms with Gasteiger partial charge in [-0.3, -0.25) is 4.79 Å². The first-order valence-electron chi connectivity index (χ1n) is 5.95. The number of anilines is 1. The molecule has 1 amide bonds. The predicted octanol–water partition coefficient (Wildman–Crippen LogP) is 1.39. The third kappa shape index (κ3) is 4.73. The Labute approximate surface area is 107 Å². The second-order valence-corrected chi connectivity index (χ2v) is 3.92. The molecule has 0 aliphatic heterocycles. The first-order valence-corrected chi connectivity index (χ1v) is 5.95. The standard InChI is InChI=1S/C13H20N2O3/c1-3-8-18-11-6-4-10(5-7-11)15-13(16)12(14)9-17-2/h4-7,12H,3,8-9,14H2,1-2H3,(H,15,16). The number of benzene rings is 1. The van der Waals surface area contributed by atoms with Crippen molar-refractivity contribution in [2.45, 2.75) is 19.4 Å². The summed E-state index contributed by atoms with van der Waals surface area (Å²) in [6.07, 6.45) is 0.963. The van der Waals surface area contributed by atoms with Gasteiger partial charge in [0.2, 0.25) is 5.91 Å². The van der Waals surface area contributed by atoms with E-state index in [0.29, 0.717) is 12.3 Å². The number of methoxy groups -OCH3 is 1. The van der Waals surface area contributed by atoms with Crippen LogP contribution in [0.25, 0.3) is 0 Å². The Kier molecular flexibility index (Phi) is 6.18. The minimum atomic E-state index is -0.661. The number of hydrogen-bond donors (Lipinski definition) is 2. The van der Waals surface area contributed by atoms with Crippen LogP contribution in [0.2, 0.25) is 0 Å². The van der Waals surface area contributed by atoms with Crippen molar-refractivity contribution in [2.75, 3.05) is 25.6 Å². The van der Waals surface area contributed by atoms with Crippen LogP contribution in [0.4, 0.5) is 5.69 Å². The van der Waals surface area contributed by atoms with E-state index >= 15 is 0 Å². The highest BCUT2D eigenvalue weighted by Gasteiger charge is 2.12. The van der Waals surface area contributed by atoms with Crippen LogP contribution in [0.3, 0.4) is 0 Å². The first kappa shape index (κ1) is 14.5. The van der Waals surface area contributed by atoms with E-state index in [-0.39, 0.29) is 12.5 Å². The molecular weight excluding hydrogens is 232 g/mol. The van der Waals surface area contributed by atoms with Gasteiger partial charge in [0.05, 0.1) is 13.2 Å². The molecule has 1 unspecified atom stereocenters. The molecule has 1 aromatic carbocycles. The Bertz CT molecular complexity index is 365. The lowest BCUT2D eigenvalue weighted by molar-refractivity contribution is -0.118. The zero-order valence-electron chi connectivity index (χ0n) is 10.8. The zero-order chi connectivity index (χ0) is 13.4. The fourth-order valence-corrected chi connectivity index (χ4v) is 1.34. The third-order valence-electron chi connectivity index (χ3n) is 2.28. The Morgan fingerprint density at radius 2 is 2.06 bits per heavy atom. The average molecular weight is 252 g/mol. The van der Waals surface area contributed by atoms with Crippen LogP contribution in [0, 0.1) is 0 Å². The molecule has 5 heteroatoms. The van der Waals surface area contributed by atoms with E-state index in [1.54, 1.807) is 12.1 Å². The summed E-state index contributed by atoms with van der Waals surface area (Å²) >= 11 is 0. The second kappa shape index (κ2) is 7.68. The first-order chi connectivity index (χ1) is 8.67. The minimum Gasteiger partial charge on any atom is -0.494 e. The summed E-state index contributed by atoms with van der Waals surface area (Å²) in [7, 11) is 1.51. The van der Waals surface area contributed by atoms with E-state index in [2.05, 4.69) is 5.32 Å². The monoisotopic (exact) mass is 252 g/mol. The molecule has 5 nitrogen and oxygen atoms in total. The van der Waals surface area contributed by atoms with E-state index < -0.39 is 6.04 Å². The molecule has 0 aromatic heterocycles. The van der Waals surface area contributed by atoms with Crippen LogP contribution >= 0.6 is 0 Å². The highest BCUT2D eigenvalue weighted by Crippen LogP contribution is 2.15. The molecule has 18 heavy (non-hydrogen) atoms. The summed E-state index contributed by atoms with van der Waals surface area (Å²) in [5, 5.41) is 2.71. The van der Waals surface area contributed by atoms with Crippen molar-refractivity contribution in [1.82, 2.24) is 0 Å². The molecule has 0 bridgehead atoms. The van der Waals surface area contributed by atoms with E-state index in [4.69, 9.17) is 15.2 Å². The number of ether oxygens (including phenoxy) is 2. The second-order valence-electron chi connectivity index (χ2n) is 3.92. The van der Waals surface area contributed by atoms with E-state index in [0.717, 1.165) is 12.2 Å². The Hall–Kier alpha value is -1.59. The molecule has 100 valence electrons. The quantitative estimate of drug-likeness (QED) is 0.769. The Morgan fingerprint density at radius 1 is 1.39 bits per heavy atom. The van der Waals surface area contributed by atoms with Crippen molar-refractivity contribution in [3.63, 3.8) is 0 Å². The molecular formula is C13H20N2O3. The number of rotatable bonds is 7. The van der Waals surface area contributed by atoms with Crippen LogP contribution in [-0.4, -0.2) is 32.3 Å². The lowest BCUT2D eigenvalue weighted by atomic mass is 10.2. The maximum absolute atomic E-state index is 11.6. The van der Waals surface area contributed by atoms with E-state index in [1.165, 1.54) is 7.11 Å². The molecule has 0 heterocycles. The molecule has 3 N–H and O–H groups in total. The zero-order valence-corrected chi connectivity index (χ0v) is 10.8. The maximum Gasteiger partial charge on any atom is 0.243 e. The van der Waals surface area contributed by atoms with Crippen molar-refractivity contribution in [3.8, 4) is 5.75 Å². The van der Waals surface area contributed by atoms with Gasteiger partial charge in [-0.2, -0.15) is 0 Å². The number of amides is 1. The molecule has 0 aliphatic carbocycles. The fourth-order valence-electron chi connectivity index (χ4n) is 1.34. The Balaban J connectivity index is 2.50. The van der Waals surface area contributed by atoms with Gasteiger partial charge in [-0.25, -0.2) is 0 Å². The molecule has 0 spiro atoms. The van der Waals surface area contributed by atoms with Gasteiger partial charge in [-0.05, 0) is 30.7 Å². The van der Waals surface area contributed by atoms with Crippen LogP contribution in [0.1, 0.15) is 13.3 Å². The maximum atomic E-state index is 11.6. The summed E-state index contributed by atoms with van der Waals surface area (Å²) in [6, 6.07) is 6.52. The summed E-state index contributed by atoms with van der Waals surface area (Å²) in [4.78, 5) is 11.6. The van der Waals surface area contributed by atoms with Gasteiger partial charge < -0.3 is 20.5 Å². The normalized spacial score (nSPS) is 11.9. The molecule has 0 saturated heterocycles. The highest BCUT2D eigenvalue weighted by atomic mass is 16.5. The van der Waals surface area contributed by atoms with Crippen LogP contribution < -0.4 is 15.8 Å². The largest absolute Gasteiger partial charge is 0.494 e. The Morgan fingerprint density at radius 3 is 2.61 bits per heavy atom. The lowest BCUT2D eigenvalue weighted by Crippen LogP contribution is -2.39. The highest BCUT2D eigenvalue weighted by molar-refractivity contribution is 5.94. The number of nitrogens with one attached hydrogen (secondary N) is 1. The van der Waals surface area contributed by atoms with Crippen LogP contribution in [0.15, 0.2) is 24.3 Å². The third-order valence-corrected chi connectivity index (χ3v) is 2.28. The SMILES string of the molecule is CCCOc1ccc(NC(=O)C(N)COC)cc1. The summed E-state index contributed by atoms with van der Waals surface area (Å²) in [5.74, 6) is 0.523. The molecule has 1 rings (SSSR count). The van der Waals surface area contributed by atoms with Crippen molar-refractivity contribution >= 4 is 11.6 Å². The van der Waals surface area contributed by atoms with Crippen LogP contribution in [0.5, 0.6) is 5.75 Å². The fraction of sp³-hybridized carbons (Fsp3) is 0.462. The smallest absolute Gasteiger partial charge is 0.243 e. The summed E-state index contributed by atoms with van der Waals surface area (Å²) in [5.41, 5.74) is 6.30. The molecule has 0 saturated carbocycles. The van der Waals surface area contributed by atoms with Gasteiger partial charge in [-0.15, -0.1) is 0 Å². The van der Waals surface area contributed by atoms with E-state index in [1.807, 2.05) is 19.1 Å². The predicted molar refractivity (Wildman–Crippen MR) is 70.7 cm³/mol. The van der Waals surface area contributed by atoms with Crippen molar-refractivity contribution < 1.29 is 14.3 Å². The van der Waals surface area contributed by atoms with Crippen molar-refractivity contribution in [2.24, 2.45) is 5.73 Å². The van der Waals surface area contributed by atoms with Crippen molar-refractivity contribution in [1.29, 1.82) is 0 Å². The van der Waals surface area contributed by atoms with Gasteiger partial charge in [0, 0.05) is 12.8 Å². The van der Waals surface area contributed by atoms with Gasteiger partial charge in [0.15, 0.2) is 0 Å². The average Bonchev–Trinajstić information content (AvgIpc) is 2.38. The molecule has 1 aromatic rings. The van der Waals surface area contributed by atoms with Crippen LogP contribution in [-0.2, 0) is 9.53 Å². The topological polar surface area (TPSA) is 73.6 Å². The van der Waals surface area contributed by atoms with Crippen molar-refractivity contribution in [3.05, 3.63) is 24.3 Å². The molecule has 0 aliphatic rings. The van der Waals surface area contributed by atoms with E-state index in [9.17, 15) is 4.79 Å². The minimum absolute atomic E-state index is 0.198. The molecule has 0 radical (unpaired) electrons. The number of hydrogen-bond acceptors (Lipinski definition) is 4. The van der Waals surface area contributed by atoms with Gasteiger partial charge >= 0.3 is 0 Å².